The van der Waals surface area contributed by atoms with Crippen molar-refractivity contribution < 1.29 is 4.79 Å². The van der Waals surface area contributed by atoms with Gasteiger partial charge in [0, 0.05) is 29.3 Å². The molecule has 23 heavy (non-hydrogen) atoms. The van der Waals surface area contributed by atoms with Crippen LogP contribution in [0.2, 0.25) is 0 Å². The number of nitrogens with one attached hydrogen (secondary N) is 1. The van der Waals surface area contributed by atoms with E-state index in [0.717, 1.165) is 41.8 Å². The monoisotopic (exact) mass is 347 g/mol. The minimum absolute atomic E-state index is 0.0114. The standard InChI is InChI=1S/C17H21N3OS2/c1-3-20-10-9-14-15(11-20)23-17(18-14)19-16(21)12(2)22-13-7-5-4-6-8-13/h4-8,12H,3,9-11H2,1-2H3,(H,18,19,21). The number of hydrogen-bond donors (Lipinski definition) is 1. The fourth-order valence-electron chi connectivity index (χ4n) is 2.54. The molecule has 0 bridgehead atoms. The molecular formula is C17H21N3OS2. The van der Waals surface area contributed by atoms with Crippen LogP contribution in [0.1, 0.15) is 24.4 Å². The molecule has 3 rings (SSSR count). The number of hydrogen-bond acceptors (Lipinski definition) is 5. The van der Waals surface area contributed by atoms with Gasteiger partial charge >= 0.3 is 0 Å². The second-order valence-electron chi connectivity index (χ2n) is 5.57. The Labute approximate surface area is 145 Å². The van der Waals surface area contributed by atoms with Crippen molar-refractivity contribution in [1.29, 1.82) is 0 Å². The van der Waals surface area contributed by atoms with E-state index in [4.69, 9.17) is 0 Å². The molecule has 2 heterocycles. The average Bonchev–Trinajstić information content (AvgIpc) is 2.96. The van der Waals surface area contributed by atoms with Gasteiger partial charge in [-0.15, -0.1) is 23.1 Å². The van der Waals surface area contributed by atoms with Crippen molar-refractivity contribution in [2.24, 2.45) is 0 Å². The van der Waals surface area contributed by atoms with Gasteiger partial charge in [-0.3, -0.25) is 9.69 Å². The number of aromatic nitrogens is 1. The largest absolute Gasteiger partial charge is 0.301 e. The van der Waals surface area contributed by atoms with Crippen molar-refractivity contribution in [3.8, 4) is 0 Å². The molecule has 1 aromatic heterocycles. The van der Waals surface area contributed by atoms with E-state index in [2.05, 4.69) is 22.1 Å². The molecule has 122 valence electrons. The van der Waals surface area contributed by atoms with Crippen molar-refractivity contribution in [2.45, 2.75) is 37.0 Å². The van der Waals surface area contributed by atoms with E-state index in [1.807, 2.05) is 37.3 Å². The van der Waals surface area contributed by atoms with E-state index in [1.54, 1.807) is 23.1 Å². The van der Waals surface area contributed by atoms with Gasteiger partial charge in [-0.25, -0.2) is 4.98 Å². The fraction of sp³-hybridized carbons (Fsp3) is 0.412. The van der Waals surface area contributed by atoms with Crippen LogP contribution in [-0.2, 0) is 17.8 Å². The Hall–Kier alpha value is -1.37. The molecule has 6 heteroatoms. The minimum atomic E-state index is -0.148. The molecule has 0 fully saturated rings. The van der Waals surface area contributed by atoms with Crippen LogP contribution in [-0.4, -0.2) is 34.1 Å². The highest BCUT2D eigenvalue weighted by molar-refractivity contribution is 8.00. The zero-order chi connectivity index (χ0) is 16.2. The number of amides is 1. The maximum Gasteiger partial charge on any atom is 0.239 e. The van der Waals surface area contributed by atoms with Crippen LogP contribution >= 0.6 is 23.1 Å². The second kappa shape index (κ2) is 7.47. The number of fused-ring (bicyclic) bond motifs is 1. The second-order valence-corrected chi connectivity index (χ2v) is 8.07. The van der Waals surface area contributed by atoms with Gasteiger partial charge in [0.25, 0.3) is 0 Å². The lowest BCUT2D eigenvalue weighted by Gasteiger charge is -2.23. The quantitative estimate of drug-likeness (QED) is 0.839. The number of thiazole rings is 1. The molecule has 1 aliphatic rings. The van der Waals surface area contributed by atoms with Crippen LogP contribution < -0.4 is 5.32 Å². The smallest absolute Gasteiger partial charge is 0.239 e. The van der Waals surface area contributed by atoms with Crippen LogP contribution in [0.5, 0.6) is 0 Å². The van der Waals surface area contributed by atoms with E-state index in [0.29, 0.717) is 0 Å². The van der Waals surface area contributed by atoms with Crippen LogP contribution in [0.15, 0.2) is 35.2 Å². The van der Waals surface area contributed by atoms with Crippen molar-refractivity contribution >= 4 is 34.1 Å². The third-order valence-electron chi connectivity index (χ3n) is 3.91. The summed E-state index contributed by atoms with van der Waals surface area (Å²) in [5, 5.41) is 3.57. The van der Waals surface area contributed by atoms with Crippen molar-refractivity contribution in [2.75, 3.05) is 18.4 Å². The summed E-state index contributed by atoms with van der Waals surface area (Å²) in [4.78, 5) is 21.8. The predicted octanol–water partition coefficient (Wildman–Crippen LogP) is 3.64. The molecule has 1 unspecified atom stereocenters. The number of rotatable bonds is 5. The van der Waals surface area contributed by atoms with E-state index in [1.165, 1.54) is 4.88 Å². The number of benzene rings is 1. The zero-order valence-corrected chi connectivity index (χ0v) is 15.0. The maximum absolute atomic E-state index is 12.4. The molecule has 0 radical (unpaired) electrons. The van der Waals surface area contributed by atoms with Gasteiger partial charge in [0.1, 0.15) is 0 Å². The molecule has 1 amide bonds. The highest BCUT2D eigenvalue weighted by Gasteiger charge is 2.21. The summed E-state index contributed by atoms with van der Waals surface area (Å²) in [5.74, 6) is 0.0114. The lowest BCUT2D eigenvalue weighted by atomic mass is 10.2. The van der Waals surface area contributed by atoms with Gasteiger partial charge in [-0.1, -0.05) is 25.1 Å². The van der Waals surface area contributed by atoms with Crippen LogP contribution in [0.4, 0.5) is 5.13 Å². The number of carbonyl (C=O) groups excluding carboxylic acids is 1. The summed E-state index contributed by atoms with van der Waals surface area (Å²) in [7, 11) is 0. The van der Waals surface area contributed by atoms with Crippen LogP contribution in [0.25, 0.3) is 0 Å². The molecule has 1 aliphatic heterocycles. The highest BCUT2D eigenvalue weighted by atomic mass is 32.2. The molecular weight excluding hydrogens is 326 g/mol. The van der Waals surface area contributed by atoms with E-state index in [9.17, 15) is 4.79 Å². The molecule has 1 aromatic carbocycles. The number of thioether (sulfide) groups is 1. The first-order valence-corrected chi connectivity index (χ1v) is 9.59. The lowest BCUT2D eigenvalue weighted by Crippen LogP contribution is -2.29. The molecule has 4 nitrogen and oxygen atoms in total. The average molecular weight is 348 g/mol. The van der Waals surface area contributed by atoms with Gasteiger partial charge < -0.3 is 5.32 Å². The minimum Gasteiger partial charge on any atom is -0.301 e. The summed E-state index contributed by atoms with van der Waals surface area (Å²) in [5.41, 5.74) is 1.15. The number of likely N-dealkylation sites (N-methyl/N-ethyl adjacent to an activating group) is 1. The lowest BCUT2D eigenvalue weighted by molar-refractivity contribution is -0.115. The number of carbonyl (C=O) groups is 1. The predicted molar refractivity (Wildman–Crippen MR) is 97.2 cm³/mol. The van der Waals surface area contributed by atoms with Crippen molar-refractivity contribution in [3.63, 3.8) is 0 Å². The zero-order valence-electron chi connectivity index (χ0n) is 13.4. The Kier molecular flexibility index (Phi) is 5.35. The maximum atomic E-state index is 12.4. The van der Waals surface area contributed by atoms with Crippen LogP contribution in [0.3, 0.4) is 0 Å². The Bertz CT molecular complexity index is 672. The number of nitrogens with zero attached hydrogens (tertiary/aromatic N) is 2. The first-order chi connectivity index (χ1) is 11.2. The molecule has 0 spiro atoms. The summed E-state index contributed by atoms with van der Waals surface area (Å²) < 4.78 is 0. The van der Waals surface area contributed by atoms with Gasteiger partial charge in [0.15, 0.2) is 5.13 Å². The third-order valence-corrected chi connectivity index (χ3v) is 6.02. The van der Waals surface area contributed by atoms with E-state index in [-0.39, 0.29) is 11.2 Å². The summed E-state index contributed by atoms with van der Waals surface area (Å²) in [6.45, 7) is 7.18. The molecule has 0 aliphatic carbocycles. The van der Waals surface area contributed by atoms with Gasteiger partial charge in [0.2, 0.25) is 5.91 Å². The first kappa shape index (κ1) is 16.5. The van der Waals surface area contributed by atoms with Gasteiger partial charge in [0.05, 0.1) is 10.9 Å². The van der Waals surface area contributed by atoms with Gasteiger partial charge in [-0.2, -0.15) is 0 Å². The van der Waals surface area contributed by atoms with Gasteiger partial charge in [-0.05, 0) is 25.6 Å². The van der Waals surface area contributed by atoms with E-state index < -0.39 is 0 Å². The Morgan fingerprint density at radius 1 is 1.43 bits per heavy atom. The van der Waals surface area contributed by atoms with Crippen molar-refractivity contribution in [3.05, 3.63) is 40.9 Å². The molecule has 0 saturated carbocycles. The fourth-order valence-corrected chi connectivity index (χ4v) is 4.48. The first-order valence-electron chi connectivity index (χ1n) is 7.89. The topological polar surface area (TPSA) is 45.2 Å². The molecule has 1 atom stereocenters. The highest BCUT2D eigenvalue weighted by Crippen LogP contribution is 2.29. The number of anilines is 1. The third kappa shape index (κ3) is 4.13. The molecule has 0 saturated heterocycles. The SMILES string of the molecule is CCN1CCc2nc(NC(=O)C(C)Sc3ccccc3)sc2C1. The Morgan fingerprint density at radius 3 is 2.96 bits per heavy atom. The van der Waals surface area contributed by atoms with Crippen molar-refractivity contribution in [1.82, 2.24) is 9.88 Å². The molecule has 2 aromatic rings. The van der Waals surface area contributed by atoms with E-state index >= 15 is 0 Å². The summed E-state index contributed by atoms with van der Waals surface area (Å²) >= 11 is 3.18. The normalized spacial score (nSPS) is 15.9. The van der Waals surface area contributed by atoms with Crippen LogP contribution in [0, 0.1) is 0 Å². The summed E-state index contributed by atoms with van der Waals surface area (Å²) in [6, 6.07) is 10.0. The molecule has 1 N–H and O–H groups in total. The Balaban J connectivity index is 1.61. The Morgan fingerprint density at radius 2 is 2.22 bits per heavy atom. The summed E-state index contributed by atoms with van der Waals surface area (Å²) in [6.07, 6.45) is 0.976.